The number of nitrogens with one attached hydrogen (secondary N) is 1. The van der Waals surface area contributed by atoms with Crippen LogP contribution >= 0.6 is 0 Å². The Kier molecular flexibility index (Phi) is 3.83. The zero-order valence-corrected chi connectivity index (χ0v) is 11.0. The first-order valence-electron chi connectivity index (χ1n) is 6.52. The Morgan fingerprint density at radius 2 is 2.00 bits per heavy atom. The number of hydrogen-bond acceptors (Lipinski definition) is 3. The summed E-state index contributed by atoms with van der Waals surface area (Å²) in [5.74, 6) is -1.28. The maximum Gasteiger partial charge on any atom is 0.329 e. The first-order valence-corrected chi connectivity index (χ1v) is 6.52. The smallest absolute Gasteiger partial charge is 0.329 e. The van der Waals surface area contributed by atoms with E-state index in [0.29, 0.717) is 18.4 Å². The molecular formula is C14H18N2O3. The van der Waals surface area contributed by atoms with Crippen LogP contribution in [0.2, 0.25) is 0 Å². The average Bonchev–Trinajstić information content (AvgIpc) is 2.39. The Bertz CT molecular complexity index is 493. The number of hydrogen-bond donors (Lipinski definition) is 2. The number of rotatable bonds is 3. The van der Waals surface area contributed by atoms with Crippen LogP contribution in [-0.2, 0) is 4.79 Å². The van der Waals surface area contributed by atoms with Gasteiger partial charge in [0.2, 0.25) is 0 Å². The molecule has 5 nitrogen and oxygen atoms in total. The number of aryl methyl sites for hydroxylation is 1. The van der Waals surface area contributed by atoms with E-state index in [2.05, 4.69) is 10.3 Å². The van der Waals surface area contributed by atoms with Crippen molar-refractivity contribution in [3.05, 3.63) is 29.6 Å². The summed E-state index contributed by atoms with van der Waals surface area (Å²) in [6.45, 7) is 1.80. The molecule has 0 spiro atoms. The normalized spacial score (nSPS) is 17.7. The van der Waals surface area contributed by atoms with Crippen LogP contribution < -0.4 is 5.32 Å². The Hall–Kier alpha value is -1.91. The molecule has 1 aromatic heterocycles. The Balaban J connectivity index is 2.18. The van der Waals surface area contributed by atoms with Crippen molar-refractivity contribution >= 4 is 11.9 Å². The van der Waals surface area contributed by atoms with Gasteiger partial charge >= 0.3 is 5.97 Å². The number of aromatic nitrogens is 1. The highest BCUT2D eigenvalue weighted by molar-refractivity contribution is 5.97. The van der Waals surface area contributed by atoms with Gasteiger partial charge in [-0.1, -0.05) is 19.3 Å². The van der Waals surface area contributed by atoms with Gasteiger partial charge in [-0.15, -0.1) is 0 Å². The molecule has 2 rings (SSSR count). The molecule has 1 heterocycles. The van der Waals surface area contributed by atoms with Crippen molar-refractivity contribution in [2.45, 2.75) is 44.6 Å². The van der Waals surface area contributed by atoms with E-state index in [0.717, 1.165) is 25.0 Å². The van der Waals surface area contributed by atoms with Gasteiger partial charge in [0, 0.05) is 17.5 Å². The largest absolute Gasteiger partial charge is 0.480 e. The van der Waals surface area contributed by atoms with Gasteiger partial charge in [-0.25, -0.2) is 4.79 Å². The average molecular weight is 262 g/mol. The summed E-state index contributed by atoms with van der Waals surface area (Å²) < 4.78 is 0. The number of amides is 1. The fourth-order valence-electron chi connectivity index (χ4n) is 2.52. The third kappa shape index (κ3) is 2.92. The molecule has 0 aromatic carbocycles. The molecule has 1 amide bonds. The molecule has 1 fully saturated rings. The predicted molar refractivity (Wildman–Crippen MR) is 69.9 cm³/mol. The number of carboxylic acid groups (broad SMARTS) is 1. The molecule has 0 radical (unpaired) electrons. The fraction of sp³-hybridized carbons (Fsp3) is 0.500. The van der Waals surface area contributed by atoms with E-state index in [9.17, 15) is 14.7 Å². The lowest BCUT2D eigenvalue weighted by Gasteiger charge is -2.34. The number of pyridine rings is 1. The van der Waals surface area contributed by atoms with Gasteiger partial charge in [-0.2, -0.15) is 0 Å². The van der Waals surface area contributed by atoms with Gasteiger partial charge in [-0.05, 0) is 31.9 Å². The molecule has 19 heavy (non-hydrogen) atoms. The van der Waals surface area contributed by atoms with E-state index < -0.39 is 11.5 Å². The van der Waals surface area contributed by atoms with Crippen molar-refractivity contribution in [3.63, 3.8) is 0 Å². The van der Waals surface area contributed by atoms with Crippen LogP contribution in [0.25, 0.3) is 0 Å². The summed E-state index contributed by atoms with van der Waals surface area (Å²) in [5, 5.41) is 12.1. The van der Waals surface area contributed by atoms with Crippen molar-refractivity contribution in [1.29, 1.82) is 0 Å². The number of aliphatic carboxylic acids is 1. The number of carbonyl (C=O) groups is 2. The second-order valence-corrected chi connectivity index (χ2v) is 5.09. The SMILES string of the molecule is Cc1cc(C(=O)NC2(C(=O)O)CCCCC2)ccn1. The van der Waals surface area contributed by atoms with Crippen molar-refractivity contribution in [1.82, 2.24) is 10.3 Å². The van der Waals surface area contributed by atoms with Crippen LogP contribution in [-0.4, -0.2) is 27.5 Å². The molecular weight excluding hydrogens is 244 g/mol. The van der Waals surface area contributed by atoms with Crippen molar-refractivity contribution in [3.8, 4) is 0 Å². The van der Waals surface area contributed by atoms with Gasteiger partial charge in [0.1, 0.15) is 5.54 Å². The third-order valence-electron chi connectivity index (χ3n) is 3.63. The minimum Gasteiger partial charge on any atom is -0.480 e. The van der Waals surface area contributed by atoms with Crippen molar-refractivity contribution < 1.29 is 14.7 Å². The van der Waals surface area contributed by atoms with E-state index in [1.165, 1.54) is 0 Å². The first-order chi connectivity index (χ1) is 9.03. The highest BCUT2D eigenvalue weighted by Gasteiger charge is 2.41. The van der Waals surface area contributed by atoms with Crippen molar-refractivity contribution in [2.75, 3.05) is 0 Å². The van der Waals surface area contributed by atoms with E-state index in [1.807, 2.05) is 0 Å². The van der Waals surface area contributed by atoms with E-state index in [4.69, 9.17) is 0 Å². The predicted octanol–water partition coefficient (Wildman–Crippen LogP) is 1.91. The molecule has 0 atom stereocenters. The lowest BCUT2D eigenvalue weighted by atomic mass is 9.81. The maximum absolute atomic E-state index is 12.2. The molecule has 0 bridgehead atoms. The molecule has 102 valence electrons. The van der Waals surface area contributed by atoms with Crippen LogP contribution in [0, 0.1) is 6.92 Å². The van der Waals surface area contributed by atoms with E-state index in [1.54, 1.807) is 25.3 Å². The zero-order chi connectivity index (χ0) is 13.9. The molecule has 2 N–H and O–H groups in total. The molecule has 1 aliphatic carbocycles. The molecule has 0 aliphatic heterocycles. The van der Waals surface area contributed by atoms with Crippen molar-refractivity contribution in [2.24, 2.45) is 0 Å². The second-order valence-electron chi connectivity index (χ2n) is 5.09. The number of nitrogens with zero attached hydrogens (tertiary/aromatic N) is 1. The zero-order valence-electron chi connectivity index (χ0n) is 11.0. The molecule has 5 heteroatoms. The van der Waals surface area contributed by atoms with Crippen LogP contribution in [0.3, 0.4) is 0 Å². The minimum absolute atomic E-state index is 0.338. The quantitative estimate of drug-likeness (QED) is 0.872. The monoisotopic (exact) mass is 262 g/mol. The summed E-state index contributed by atoms with van der Waals surface area (Å²) in [6, 6.07) is 3.26. The van der Waals surface area contributed by atoms with E-state index >= 15 is 0 Å². The molecule has 1 aliphatic rings. The van der Waals surface area contributed by atoms with Crippen LogP contribution in [0.15, 0.2) is 18.3 Å². The summed E-state index contributed by atoms with van der Waals surface area (Å²) in [4.78, 5) is 27.7. The minimum atomic E-state index is -1.10. The molecule has 0 unspecified atom stereocenters. The van der Waals surface area contributed by atoms with Gasteiger partial charge in [0.05, 0.1) is 0 Å². The number of carbonyl (C=O) groups excluding carboxylic acids is 1. The van der Waals surface area contributed by atoms with Crippen LogP contribution in [0.4, 0.5) is 0 Å². The molecule has 0 saturated heterocycles. The summed E-state index contributed by atoms with van der Waals surface area (Å²) >= 11 is 0. The lowest BCUT2D eigenvalue weighted by Crippen LogP contribution is -2.55. The Morgan fingerprint density at radius 3 is 2.58 bits per heavy atom. The number of carboxylic acids is 1. The summed E-state index contributed by atoms with van der Waals surface area (Å²) in [6.07, 6.45) is 5.25. The topological polar surface area (TPSA) is 79.3 Å². The summed E-state index contributed by atoms with van der Waals surface area (Å²) in [7, 11) is 0. The standard InChI is InChI=1S/C14H18N2O3/c1-10-9-11(5-8-15-10)12(17)16-14(13(18)19)6-3-2-4-7-14/h5,8-9H,2-4,6-7H2,1H3,(H,16,17)(H,18,19). The van der Waals surface area contributed by atoms with Gasteiger partial charge in [0.15, 0.2) is 0 Å². The van der Waals surface area contributed by atoms with Gasteiger partial charge < -0.3 is 10.4 Å². The lowest BCUT2D eigenvalue weighted by molar-refractivity contribution is -0.145. The van der Waals surface area contributed by atoms with Crippen LogP contribution in [0.5, 0.6) is 0 Å². The second kappa shape index (κ2) is 5.38. The highest BCUT2D eigenvalue weighted by atomic mass is 16.4. The maximum atomic E-state index is 12.2. The van der Waals surface area contributed by atoms with E-state index in [-0.39, 0.29) is 5.91 Å². The fourth-order valence-corrected chi connectivity index (χ4v) is 2.52. The van der Waals surface area contributed by atoms with Crippen LogP contribution in [0.1, 0.15) is 48.2 Å². The Morgan fingerprint density at radius 1 is 1.32 bits per heavy atom. The Labute approximate surface area is 112 Å². The first kappa shape index (κ1) is 13.5. The van der Waals surface area contributed by atoms with Gasteiger partial charge in [-0.3, -0.25) is 9.78 Å². The molecule has 1 saturated carbocycles. The van der Waals surface area contributed by atoms with Gasteiger partial charge in [0.25, 0.3) is 5.91 Å². The molecule has 1 aromatic rings. The summed E-state index contributed by atoms with van der Waals surface area (Å²) in [5.41, 5.74) is 0.0892. The highest BCUT2D eigenvalue weighted by Crippen LogP contribution is 2.28. The third-order valence-corrected chi connectivity index (χ3v) is 3.63.